The van der Waals surface area contributed by atoms with Gasteiger partial charge in [0.1, 0.15) is 0 Å². The fourth-order valence-corrected chi connectivity index (χ4v) is 3.87. The van der Waals surface area contributed by atoms with E-state index in [4.69, 9.17) is 0 Å². The fraction of sp³-hybridized carbons (Fsp3) is 0.562. The van der Waals surface area contributed by atoms with Crippen LogP contribution in [0.5, 0.6) is 0 Å². The van der Waals surface area contributed by atoms with Crippen LogP contribution in [-0.2, 0) is 11.3 Å². The third kappa shape index (κ3) is 2.63. The molecule has 1 amide bonds. The molecule has 0 aliphatic carbocycles. The van der Waals surface area contributed by atoms with E-state index in [0.717, 1.165) is 39.0 Å². The molecule has 4 heteroatoms. The molecule has 108 valence electrons. The Hall–Kier alpha value is -0.870. The molecule has 1 aromatic carbocycles. The number of likely N-dealkylation sites (tertiary alicyclic amines) is 2. The Morgan fingerprint density at radius 1 is 1.30 bits per heavy atom. The Morgan fingerprint density at radius 3 is 2.70 bits per heavy atom. The van der Waals surface area contributed by atoms with E-state index >= 15 is 0 Å². The molecule has 20 heavy (non-hydrogen) atoms. The highest BCUT2D eigenvalue weighted by Crippen LogP contribution is 2.33. The predicted molar refractivity (Wildman–Crippen MR) is 83.8 cm³/mol. The van der Waals surface area contributed by atoms with Gasteiger partial charge in [-0.05, 0) is 25.3 Å². The fourth-order valence-electron chi connectivity index (χ4n) is 3.42. The standard InChI is InChI=1S/C16H21BrN2O/c1-16(19-9-7-14(17)15(19)20)8-10-18(12-16)11-13-5-3-2-4-6-13/h2-6,14H,7-12H2,1H3. The van der Waals surface area contributed by atoms with Gasteiger partial charge in [-0.15, -0.1) is 0 Å². The number of carbonyl (C=O) groups is 1. The average Bonchev–Trinajstić information content (AvgIpc) is 2.97. The molecule has 0 radical (unpaired) electrons. The van der Waals surface area contributed by atoms with Crippen molar-refractivity contribution in [2.24, 2.45) is 0 Å². The van der Waals surface area contributed by atoms with Gasteiger partial charge in [-0.2, -0.15) is 0 Å². The molecule has 2 unspecified atom stereocenters. The normalized spacial score (nSPS) is 31.2. The van der Waals surface area contributed by atoms with E-state index in [1.165, 1.54) is 5.56 Å². The molecule has 2 saturated heterocycles. The number of rotatable bonds is 3. The highest BCUT2D eigenvalue weighted by atomic mass is 79.9. The van der Waals surface area contributed by atoms with Crippen LogP contribution in [0, 0.1) is 0 Å². The van der Waals surface area contributed by atoms with Gasteiger partial charge in [-0.25, -0.2) is 0 Å². The first-order chi connectivity index (χ1) is 9.58. The summed E-state index contributed by atoms with van der Waals surface area (Å²) < 4.78 is 0. The van der Waals surface area contributed by atoms with Gasteiger partial charge in [0.25, 0.3) is 0 Å². The summed E-state index contributed by atoms with van der Waals surface area (Å²) >= 11 is 3.48. The van der Waals surface area contributed by atoms with Crippen LogP contribution in [0.3, 0.4) is 0 Å². The van der Waals surface area contributed by atoms with E-state index in [-0.39, 0.29) is 16.3 Å². The van der Waals surface area contributed by atoms with Crippen molar-refractivity contribution in [2.45, 2.75) is 36.7 Å². The quantitative estimate of drug-likeness (QED) is 0.792. The second-order valence-corrected chi connectivity index (χ2v) is 7.29. The lowest BCUT2D eigenvalue weighted by Gasteiger charge is -2.35. The monoisotopic (exact) mass is 336 g/mol. The number of nitrogens with zero attached hydrogens (tertiary/aromatic N) is 2. The first-order valence-corrected chi connectivity index (χ1v) is 8.22. The summed E-state index contributed by atoms with van der Waals surface area (Å²) in [5.74, 6) is 0.272. The van der Waals surface area contributed by atoms with Gasteiger partial charge in [-0.3, -0.25) is 9.69 Å². The van der Waals surface area contributed by atoms with Crippen LogP contribution >= 0.6 is 15.9 Å². The van der Waals surface area contributed by atoms with Crippen LogP contribution in [0.25, 0.3) is 0 Å². The van der Waals surface area contributed by atoms with Crippen LogP contribution in [0.1, 0.15) is 25.3 Å². The molecule has 2 aliphatic rings. The van der Waals surface area contributed by atoms with Crippen LogP contribution in [0.2, 0.25) is 0 Å². The minimum atomic E-state index is 0.00832. The average molecular weight is 337 g/mol. The molecule has 0 bridgehead atoms. The molecule has 1 aromatic rings. The molecule has 0 spiro atoms. The number of carbonyl (C=O) groups excluding carboxylic acids is 1. The third-order valence-corrected chi connectivity index (χ3v) is 5.42. The molecule has 2 fully saturated rings. The summed E-state index contributed by atoms with van der Waals surface area (Å²) in [6, 6.07) is 10.6. The van der Waals surface area contributed by atoms with Crippen LogP contribution in [0.15, 0.2) is 30.3 Å². The van der Waals surface area contributed by atoms with Crippen molar-refractivity contribution in [2.75, 3.05) is 19.6 Å². The lowest BCUT2D eigenvalue weighted by molar-refractivity contribution is -0.131. The topological polar surface area (TPSA) is 23.6 Å². The summed E-state index contributed by atoms with van der Waals surface area (Å²) in [6.45, 7) is 6.16. The zero-order valence-electron chi connectivity index (χ0n) is 11.9. The van der Waals surface area contributed by atoms with Crippen molar-refractivity contribution < 1.29 is 4.79 Å². The smallest absolute Gasteiger partial charge is 0.236 e. The number of hydrogen-bond acceptors (Lipinski definition) is 2. The van der Waals surface area contributed by atoms with Crippen molar-refractivity contribution in [3.05, 3.63) is 35.9 Å². The van der Waals surface area contributed by atoms with Crippen LogP contribution in [-0.4, -0.2) is 45.7 Å². The zero-order chi connectivity index (χ0) is 14.2. The van der Waals surface area contributed by atoms with Crippen molar-refractivity contribution in [3.8, 4) is 0 Å². The Morgan fingerprint density at radius 2 is 2.05 bits per heavy atom. The SMILES string of the molecule is CC1(N2CCC(Br)C2=O)CCN(Cc2ccccc2)C1. The Balaban J connectivity index is 1.65. The largest absolute Gasteiger partial charge is 0.335 e. The molecule has 2 heterocycles. The van der Waals surface area contributed by atoms with Crippen molar-refractivity contribution >= 4 is 21.8 Å². The van der Waals surface area contributed by atoms with Gasteiger partial charge in [0.2, 0.25) is 5.91 Å². The zero-order valence-corrected chi connectivity index (χ0v) is 13.5. The van der Waals surface area contributed by atoms with E-state index in [1.54, 1.807) is 0 Å². The second-order valence-electron chi connectivity index (χ2n) is 6.19. The highest BCUT2D eigenvalue weighted by Gasteiger charge is 2.45. The summed E-state index contributed by atoms with van der Waals surface area (Å²) in [5, 5.41) is 0. The van der Waals surface area contributed by atoms with Gasteiger partial charge < -0.3 is 4.90 Å². The Kier molecular flexibility index (Phi) is 3.87. The predicted octanol–water partition coefficient (Wildman–Crippen LogP) is 2.65. The maximum Gasteiger partial charge on any atom is 0.236 e. The first kappa shape index (κ1) is 14.1. The van der Waals surface area contributed by atoms with Gasteiger partial charge in [0.15, 0.2) is 0 Å². The molecule has 0 N–H and O–H groups in total. The molecule has 2 aliphatic heterocycles. The maximum atomic E-state index is 12.2. The van der Waals surface area contributed by atoms with E-state index in [1.807, 2.05) is 0 Å². The summed E-state index contributed by atoms with van der Waals surface area (Å²) in [6.07, 6.45) is 2.01. The van der Waals surface area contributed by atoms with E-state index in [2.05, 4.69) is 63.0 Å². The maximum absolute atomic E-state index is 12.2. The Bertz CT molecular complexity index is 493. The summed E-state index contributed by atoms with van der Waals surface area (Å²) in [7, 11) is 0. The molecule has 0 aromatic heterocycles. The van der Waals surface area contributed by atoms with E-state index in [9.17, 15) is 4.79 Å². The Labute approximate surface area is 129 Å². The van der Waals surface area contributed by atoms with Crippen LogP contribution < -0.4 is 0 Å². The van der Waals surface area contributed by atoms with Gasteiger partial charge in [-0.1, -0.05) is 46.3 Å². The van der Waals surface area contributed by atoms with E-state index in [0.29, 0.717) is 0 Å². The second kappa shape index (κ2) is 5.49. The summed E-state index contributed by atoms with van der Waals surface area (Å²) in [5.41, 5.74) is 1.36. The highest BCUT2D eigenvalue weighted by molar-refractivity contribution is 9.10. The molecular formula is C16H21BrN2O. The van der Waals surface area contributed by atoms with Crippen LogP contribution in [0.4, 0.5) is 0 Å². The molecule has 3 rings (SSSR count). The first-order valence-electron chi connectivity index (χ1n) is 7.30. The number of amides is 1. The van der Waals surface area contributed by atoms with Crippen molar-refractivity contribution in [3.63, 3.8) is 0 Å². The van der Waals surface area contributed by atoms with Gasteiger partial charge in [0, 0.05) is 26.2 Å². The summed E-state index contributed by atoms with van der Waals surface area (Å²) in [4.78, 5) is 16.8. The van der Waals surface area contributed by atoms with Crippen molar-refractivity contribution in [1.82, 2.24) is 9.80 Å². The minimum Gasteiger partial charge on any atom is -0.335 e. The van der Waals surface area contributed by atoms with Crippen molar-refractivity contribution in [1.29, 1.82) is 0 Å². The lowest BCUT2D eigenvalue weighted by Crippen LogP contribution is -2.49. The minimum absolute atomic E-state index is 0.00832. The molecule has 3 nitrogen and oxygen atoms in total. The molecular weight excluding hydrogens is 316 g/mol. The van der Waals surface area contributed by atoms with Gasteiger partial charge >= 0.3 is 0 Å². The molecule has 0 saturated carbocycles. The number of benzene rings is 1. The number of halogens is 1. The van der Waals surface area contributed by atoms with Gasteiger partial charge in [0.05, 0.1) is 10.4 Å². The number of alkyl halides is 1. The lowest BCUT2D eigenvalue weighted by atomic mass is 9.99. The van der Waals surface area contributed by atoms with E-state index < -0.39 is 0 Å². The number of hydrogen-bond donors (Lipinski definition) is 0. The molecule has 2 atom stereocenters. The third-order valence-electron chi connectivity index (χ3n) is 4.57.